The van der Waals surface area contributed by atoms with Gasteiger partial charge in [0.25, 0.3) is 0 Å². The summed E-state index contributed by atoms with van der Waals surface area (Å²) in [5, 5.41) is 3.68. The van der Waals surface area contributed by atoms with Gasteiger partial charge >= 0.3 is 0 Å². The summed E-state index contributed by atoms with van der Waals surface area (Å²) in [4.78, 5) is 8.77. The van der Waals surface area contributed by atoms with Gasteiger partial charge in [-0.05, 0) is 63.8 Å². The molecule has 3 heteroatoms. The maximum absolute atomic E-state index is 4.45. The Morgan fingerprint density at radius 3 is 2.33 bits per heavy atom. The van der Waals surface area contributed by atoms with Crippen LogP contribution < -0.4 is 5.32 Å². The summed E-state index contributed by atoms with van der Waals surface area (Å²) in [5.41, 5.74) is 2.15. The first-order valence-electron chi connectivity index (χ1n) is 7.26. The van der Waals surface area contributed by atoms with E-state index in [-0.39, 0.29) is 0 Å². The van der Waals surface area contributed by atoms with Gasteiger partial charge in [0.05, 0.1) is 11.4 Å². The van der Waals surface area contributed by atoms with Crippen molar-refractivity contribution in [3.63, 3.8) is 0 Å². The Morgan fingerprint density at radius 2 is 1.78 bits per heavy atom. The van der Waals surface area contributed by atoms with Crippen molar-refractivity contribution in [3.05, 3.63) is 23.8 Å². The lowest BCUT2D eigenvalue weighted by molar-refractivity contribution is 0.360. The molecule has 0 saturated heterocycles. The number of aromatic nitrogens is 2. The number of rotatable bonds is 6. The van der Waals surface area contributed by atoms with Crippen LogP contribution in [0.5, 0.6) is 0 Å². The lowest BCUT2D eigenvalue weighted by Gasteiger charge is -2.20. The van der Waals surface area contributed by atoms with E-state index < -0.39 is 0 Å². The molecule has 0 bridgehead atoms. The van der Waals surface area contributed by atoms with Crippen molar-refractivity contribution in [2.75, 3.05) is 6.54 Å². The van der Waals surface area contributed by atoms with Crippen LogP contribution in [-0.4, -0.2) is 16.5 Å². The van der Waals surface area contributed by atoms with Crippen LogP contribution in [0.3, 0.4) is 0 Å². The van der Waals surface area contributed by atoms with E-state index in [1.807, 2.05) is 6.92 Å². The van der Waals surface area contributed by atoms with Crippen molar-refractivity contribution >= 4 is 0 Å². The second kappa shape index (κ2) is 4.96. The van der Waals surface area contributed by atoms with Crippen LogP contribution in [0.2, 0.25) is 0 Å². The highest BCUT2D eigenvalue weighted by molar-refractivity contribution is 5.12. The number of aryl methyl sites for hydroxylation is 1. The molecule has 1 heterocycles. The lowest BCUT2D eigenvalue weighted by atomic mass is 9.97. The summed E-state index contributed by atoms with van der Waals surface area (Å²) in [6, 6.07) is 0.318. The largest absolute Gasteiger partial charge is 0.309 e. The molecule has 18 heavy (non-hydrogen) atoms. The third-order valence-corrected chi connectivity index (χ3v) is 4.44. The molecule has 2 saturated carbocycles. The maximum atomic E-state index is 4.45. The van der Waals surface area contributed by atoms with E-state index in [0.717, 1.165) is 35.7 Å². The maximum Gasteiger partial charge on any atom is 0.0782 e. The SMILES string of the molecule is Cc1nccnc1C(C)NCC(C1CC1)C1CC1. The van der Waals surface area contributed by atoms with Crippen LogP contribution in [-0.2, 0) is 0 Å². The molecule has 98 valence electrons. The topological polar surface area (TPSA) is 37.8 Å². The van der Waals surface area contributed by atoms with E-state index in [1.165, 1.54) is 25.7 Å². The zero-order chi connectivity index (χ0) is 12.5. The van der Waals surface area contributed by atoms with Crippen LogP contribution in [0.1, 0.15) is 50.0 Å². The highest BCUT2D eigenvalue weighted by atomic mass is 15.0. The number of hydrogen-bond donors (Lipinski definition) is 1. The quantitative estimate of drug-likeness (QED) is 0.837. The van der Waals surface area contributed by atoms with Gasteiger partial charge in [-0.2, -0.15) is 0 Å². The summed E-state index contributed by atoms with van der Waals surface area (Å²) in [6.07, 6.45) is 9.40. The van der Waals surface area contributed by atoms with Gasteiger partial charge < -0.3 is 5.32 Å². The first-order valence-corrected chi connectivity index (χ1v) is 7.26. The molecule has 0 spiro atoms. The average molecular weight is 245 g/mol. The van der Waals surface area contributed by atoms with Gasteiger partial charge in [0.15, 0.2) is 0 Å². The molecule has 2 aliphatic carbocycles. The standard InChI is InChI=1S/C15H23N3/c1-10-15(17-8-7-16-10)11(2)18-9-14(12-3-4-12)13-5-6-13/h7-8,11-14,18H,3-6,9H2,1-2H3. The molecule has 0 radical (unpaired) electrons. The molecule has 1 aromatic heterocycles. The summed E-state index contributed by atoms with van der Waals surface area (Å²) in [5.74, 6) is 2.95. The molecule has 1 unspecified atom stereocenters. The van der Waals surface area contributed by atoms with Crippen molar-refractivity contribution in [1.29, 1.82) is 0 Å². The number of nitrogens with one attached hydrogen (secondary N) is 1. The summed E-state index contributed by atoms with van der Waals surface area (Å²) >= 11 is 0. The fraction of sp³-hybridized carbons (Fsp3) is 0.733. The van der Waals surface area contributed by atoms with Crippen LogP contribution in [0.15, 0.2) is 12.4 Å². The average Bonchev–Trinajstić information content (AvgIpc) is 3.24. The number of nitrogens with zero attached hydrogens (tertiary/aromatic N) is 2. The van der Waals surface area contributed by atoms with Crippen molar-refractivity contribution < 1.29 is 0 Å². The second-order valence-electron chi connectivity index (χ2n) is 6.00. The van der Waals surface area contributed by atoms with Gasteiger partial charge in [0, 0.05) is 18.4 Å². The molecule has 3 rings (SSSR count). The van der Waals surface area contributed by atoms with Crippen molar-refractivity contribution in [1.82, 2.24) is 15.3 Å². The molecule has 1 N–H and O–H groups in total. The Kier molecular flexibility index (Phi) is 3.33. The van der Waals surface area contributed by atoms with E-state index in [0.29, 0.717) is 6.04 Å². The Bertz CT molecular complexity index is 398. The van der Waals surface area contributed by atoms with Crippen LogP contribution >= 0.6 is 0 Å². The Balaban J connectivity index is 1.57. The van der Waals surface area contributed by atoms with Gasteiger partial charge in [-0.3, -0.25) is 9.97 Å². The van der Waals surface area contributed by atoms with Gasteiger partial charge in [-0.25, -0.2) is 0 Å². The predicted octanol–water partition coefficient (Wildman–Crippen LogP) is 2.87. The monoisotopic (exact) mass is 245 g/mol. The third-order valence-electron chi connectivity index (χ3n) is 4.44. The van der Waals surface area contributed by atoms with Crippen molar-refractivity contribution in [2.45, 2.75) is 45.6 Å². The third kappa shape index (κ3) is 2.72. The second-order valence-corrected chi connectivity index (χ2v) is 6.00. The van der Waals surface area contributed by atoms with Gasteiger partial charge in [0.2, 0.25) is 0 Å². The van der Waals surface area contributed by atoms with E-state index in [2.05, 4.69) is 22.2 Å². The van der Waals surface area contributed by atoms with Crippen molar-refractivity contribution in [3.8, 4) is 0 Å². The minimum atomic E-state index is 0.318. The summed E-state index contributed by atoms with van der Waals surface area (Å²) < 4.78 is 0. The predicted molar refractivity (Wildman–Crippen MR) is 72.1 cm³/mol. The smallest absolute Gasteiger partial charge is 0.0782 e. The molecule has 2 aliphatic rings. The van der Waals surface area contributed by atoms with Gasteiger partial charge in [-0.1, -0.05) is 0 Å². The molecule has 0 amide bonds. The summed E-state index contributed by atoms with van der Waals surface area (Å²) in [7, 11) is 0. The zero-order valence-electron chi connectivity index (χ0n) is 11.4. The van der Waals surface area contributed by atoms with Gasteiger partial charge in [-0.15, -0.1) is 0 Å². The molecule has 3 nitrogen and oxygen atoms in total. The molecule has 1 atom stereocenters. The van der Waals surface area contributed by atoms with E-state index in [9.17, 15) is 0 Å². The normalized spacial score (nSPS) is 21.3. The molecule has 0 aromatic carbocycles. The first-order chi connectivity index (χ1) is 8.75. The van der Waals surface area contributed by atoms with E-state index in [4.69, 9.17) is 0 Å². The summed E-state index contributed by atoms with van der Waals surface area (Å²) in [6.45, 7) is 5.40. The number of hydrogen-bond acceptors (Lipinski definition) is 3. The molecular formula is C15H23N3. The zero-order valence-corrected chi connectivity index (χ0v) is 11.4. The molecule has 2 fully saturated rings. The van der Waals surface area contributed by atoms with E-state index >= 15 is 0 Å². The Labute approximate surface area is 109 Å². The molecule has 0 aliphatic heterocycles. The van der Waals surface area contributed by atoms with Crippen LogP contribution in [0.25, 0.3) is 0 Å². The van der Waals surface area contributed by atoms with Crippen LogP contribution in [0.4, 0.5) is 0 Å². The minimum Gasteiger partial charge on any atom is -0.309 e. The van der Waals surface area contributed by atoms with Crippen molar-refractivity contribution in [2.24, 2.45) is 17.8 Å². The molecular weight excluding hydrogens is 222 g/mol. The molecule has 1 aromatic rings. The van der Waals surface area contributed by atoms with Crippen LogP contribution in [0, 0.1) is 24.7 Å². The highest BCUT2D eigenvalue weighted by Crippen LogP contribution is 2.48. The minimum absolute atomic E-state index is 0.318. The lowest BCUT2D eigenvalue weighted by Crippen LogP contribution is -2.29. The fourth-order valence-electron chi connectivity index (χ4n) is 3.02. The Hall–Kier alpha value is -0.960. The first kappa shape index (κ1) is 12.1. The van der Waals surface area contributed by atoms with E-state index in [1.54, 1.807) is 12.4 Å². The fourth-order valence-corrected chi connectivity index (χ4v) is 3.02. The Morgan fingerprint density at radius 1 is 1.17 bits per heavy atom. The van der Waals surface area contributed by atoms with Gasteiger partial charge in [0.1, 0.15) is 0 Å². The highest BCUT2D eigenvalue weighted by Gasteiger charge is 2.41.